The largest absolute Gasteiger partial charge is 0.486 e. The van der Waals surface area contributed by atoms with Gasteiger partial charge in [-0.15, -0.1) is 0 Å². The first-order valence-electron chi connectivity index (χ1n) is 12.0. The number of aromatic nitrogens is 1. The van der Waals surface area contributed by atoms with Crippen LogP contribution in [0, 0.1) is 5.82 Å². The van der Waals surface area contributed by atoms with Gasteiger partial charge in [-0.3, -0.25) is 9.69 Å². The van der Waals surface area contributed by atoms with E-state index in [0.29, 0.717) is 23.8 Å². The molecule has 1 amide bonds. The van der Waals surface area contributed by atoms with Crippen molar-refractivity contribution in [1.29, 1.82) is 0 Å². The monoisotopic (exact) mass is 484 g/mol. The van der Waals surface area contributed by atoms with Crippen LogP contribution in [0.2, 0.25) is 5.02 Å². The summed E-state index contributed by atoms with van der Waals surface area (Å²) in [5.41, 5.74) is 2.61. The molecular weight excluding hydrogens is 455 g/mol. The SMILES string of the molecule is CCC1Cn2c(C(=O)NCCCN3CCN(c4ccc(F)cc4)CC3)cc3c(Cl)ccc(c32)O1. The number of nitrogens with zero attached hydrogens (tertiary/aromatic N) is 3. The molecule has 3 heterocycles. The van der Waals surface area contributed by atoms with Crippen molar-refractivity contribution in [2.45, 2.75) is 32.4 Å². The summed E-state index contributed by atoms with van der Waals surface area (Å²) in [6.07, 6.45) is 1.80. The molecule has 8 heteroatoms. The van der Waals surface area contributed by atoms with Crippen LogP contribution in [0.25, 0.3) is 10.9 Å². The highest BCUT2D eigenvalue weighted by Gasteiger charge is 2.27. The van der Waals surface area contributed by atoms with Crippen LogP contribution < -0.4 is 15.0 Å². The number of benzene rings is 2. The minimum absolute atomic E-state index is 0.0457. The van der Waals surface area contributed by atoms with Crippen LogP contribution in [0.15, 0.2) is 42.5 Å². The zero-order valence-electron chi connectivity index (χ0n) is 19.4. The highest BCUT2D eigenvalue weighted by atomic mass is 35.5. The smallest absolute Gasteiger partial charge is 0.267 e. The molecule has 3 aromatic rings. The average molecular weight is 485 g/mol. The number of anilines is 1. The van der Waals surface area contributed by atoms with E-state index in [1.165, 1.54) is 12.1 Å². The van der Waals surface area contributed by atoms with Gasteiger partial charge in [-0.2, -0.15) is 0 Å². The van der Waals surface area contributed by atoms with Crippen molar-refractivity contribution >= 4 is 34.1 Å². The van der Waals surface area contributed by atoms with Crippen LogP contribution in [0.5, 0.6) is 5.75 Å². The van der Waals surface area contributed by atoms with Gasteiger partial charge in [0.2, 0.25) is 0 Å². The van der Waals surface area contributed by atoms with Gasteiger partial charge >= 0.3 is 0 Å². The fraction of sp³-hybridized carbons (Fsp3) is 0.423. The van der Waals surface area contributed by atoms with Gasteiger partial charge in [0, 0.05) is 43.8 Å². The van der Waals surface area contributed by atoms with E-state index in [0.717, 1.165) is 67.9 Å². The van der Waals surface area contributed by atoms with E-state index in [4.69, 9.17) is 16.3 Å². The van der Waals surface area contributed by atoms with Crippen molar-refractivity contribution in [2.75, 3.05) is 44.2 Å². The summed E-state index contributed by atoms with van der Waals surface area (Å²) in [5, 5.41) is 4.58. The molecule has 34 heavy (non-hydrogen) atoms. The number of ether oxygens (including phenoxy) is 1. The molecule has 1 fully saturated rings. The number of carbonyl (C=O) groups is 1. The van der Waals surface area contributed by atoms with E-state index < -0.39 is 0 Å². The second kappa shape index (κ2) is 9.84. The molecule has 0 radical (unpaired) electrons. The van der Waals surface area contributed by atoms with E-state index in [2.05, 4.69) is 26.6 Å². The predicted molar refractivity (Wildman–Crippen MR) is 134 cm³/mol. The summed E-state index contributed by atoms with van der Waals surface area (Å²) < 4.78 is 21.3. The van der Waals surface area contributed by atoms with Gasteiger partial charge in [-0.25, -0.2) is 4.39 Å². The van der Waals surface area contributed by atoms with Gasteiger partial charge in [0.05, 0.1) is 17.1 Å². The summed E-state index contributed by atoms with van der Waals surface area (Å²) in [6, 6.07) is 12.3. The molecule has 1 saturated heterocycles. The Bertz CT molecular complexity index is 1170. The number of hydrogen-bond donors (Lipinski definition) is 1. The molecule has 1 unspecified atom stereocenters. The number of nitrogens with one attached hydrogen (secondary N) is 1. The molecule has 0 bridgehead atoms. The van der Waals surface area contributed by atoms with Gasteiger partial charge in [-0.05, 0) is 61.9 Å². The maximum Gasteiger partial charge on any atom is 0.267 e. The van der Waals surface area contributed by atoms with E-state index in [1.807, 2.05) is 30.3 Å². The molecule has 2 aliphatic rings. The van der Waals surface area contributed by atoms with E-state index in [1.54, 1.807) is 0 Å². The maximum absolute atomic E-state index is 13.2. The van der Waals surface area contributed by atoms with E-state index in [9.17, 15) is 9.18 Å². The van der Waals surface area contributed by atoms with Crippen LogP contribution >= 0.6 is 11.6 Å². The predicted octanol–water partition coefficient (Wildman–Crippen LogP) is 4.55. The molecule has 0 spiro atoms. The Hall–Kier alpha value is -2.77. The third-order valence-electron chi connectivity index (χ3n) is 6.84. The third kappa shape index (κ3) is 4.59. The van der Waals surface area contributed by atoms with Gasteiger partial charge in [0.1, 0.15) is 23.4 Å². The standard InChI is InChI=1S/C26H30ClFN4O2/c1-2-20-17-32-23(16-21-22(27)8-9-24(34-20)25(21)32)26(33)29-10-3-11-30-12-14-31(15-13-30)19-6-4-18(28)5-7-19/h4-9,16,20H,2-3,10-15,17H2,1H3,(H,29,33). The van der Waals surface area contributed by atoms with Crippen molar-refractivity contribution < 1.29 is 13.9 Å². The number of rotatable bonds is 7. The molecule has 6 nitrogen and oxygen atoms in total. The van der Waals surface area contributed by atoms with Gasteiger partial charge in [0.15, 0.2) is 0 Å². The Kier molecular flexibility index (Phi) is 6.66. The first kappa shape index (κ1) is 23.0. The summed E-state index contributed by atoms with van der Waals surface area (Å²) in [5.74, 6) is 0.511. The number of halogens is 2. The first-order valence-corrected chi connectivity index (χ1v) is 12.4. The zero-order chi connectivity index (χ0) is 23.7. The van der Waals surface area contributed by atoms with Gasteiger partial charge < -0.3 is 19.5 Å². The van der Waals surface area contributed by atoms with Crippen molar-refractivity contribution in [1.82, 2.24) is 14.8 Å². The Balaban J connectivity index is 1.14. The molecule has 2 aromatic carbocycles. The first-order chi connectivity index (χ1) is 16.5. The van der Waals surface area contributed by atoms with Crippen LogP contribution in [0.3, 0.4) is 0 Å². The van der Waals surface area contributed by atoms with Gasteiger partial charge in [-0.1, -0.05) is 18.5 Å². The Morgan fingerprint density at radius 3 is 2.65 bits per heavy atom. The molecule has 2 aliphatic heterocycles. The minimum atomic E-state index is -0.205. The van der Waals surface area contributed by atoms with Crippen LogP contribution in [0.1, 0.15) is 30.3 Å². The molecule has 1 atom stereocenters. The van der Waals surface area contributed by atoms with E-state index >= 15 is 0 Å². The van der Waals surface area contributed by atoms with Crippen molar-refractivity contribution in [2.24, 2.45) is 0 Å². The van der Waals surface area contributed by atoms with E-state index in [-0.39, 0.29) is 17.8 Å². The second-order valence-electron chi connectivity index (χ2n) is 9.01. The summed E-state index contributed by atoms with van der Waals surface area (Å²) in [7, 11) is 0. The summed E-state index contributed by atoms with van der Waals surface area (Å²) in [6.45, 7) is 8.04. The lowest BCUT2D eigenvalue weighted by Crippen LogP contribution is -2.47. The molecule has 5 rings (SSSR count). The Morgan fingerprint density at radius 2 is 1.91 bits per heavy atom. The lowest BCUT2D eigenvalue weighted by molar-refractivity contribution is 0.0935. The minimum Gasteiger partial charge on any atom is -0.486 e. The van der Waals surface area contributed by atoms with Crippen LogP contribution in [0.4, 0.5) is 10.1 Å². The quantitative estimate of drug-likeness (QED) is 0.500. The lowest BCUT2D eigenvalue weighted by atomic mass is 10.2. The van der Waals surface area contributed by atoms with Crippen LogP contribution in [-0.4, -0.2) is 60.7 Å². The number of piperazine rings is 1. The molecule has 1 N–H and O–H groups in total. The zero-order valence-corrected chi connectivity index (χ0v) is 20.2. The maximum atomic E-state index is 13.2. The summed E-state index contributed by atoms with van der Waals surface area (Å²) >= 11 is 6.41. The molecule has 0 saturated carbocycles. The Labute approximate surface area is 204 Å². The van der Waals surface area contributed by atoms with Gasteiger partial charge in [0.25, 0.3) is 5.91 Å². The normalized spacial score (nSPS) is 18.2. The van der Waals surface area contributed by atoms with Crippen molar-refractivity contribution in [3.63, 3.8) is 0 Å². The fourth-order valence-corrected chi connectivity index (χ4v) is 5.10. The third-order valence-corrected chi connectivity index (χ3v) is 7.17. The highest BCUT2D eigenvalue weighted by Crippen LogP contribution is 2.38. The average Bonchev–Trinajstić information content (AvgIpc) is 3.26. The topological polar surface area (TPSA) is 49.7 Å². The number of hydrogen-bond acceptors (Lipinski definition) is 4. The van der Waals surface area contributed by atoms with Crippen molar-refractivity contribution in [3.05, 3.63) is 59.0 Å². The summed E-state index contributed by atoms with van der Waals surface area (Å²) in [4.78, 5) is 17.7. The fourth-order valence-electron chi connectivity index (χ4n) is 4.90. The molecule has 0 aliphatic carbocycles. The van der Waals surface area contributed by atoms with Crippen LogP contribution in [-0.2, 0) is 6.54 Å². The molecular formula is C26H30ClFN4O2. The van der Waals surface area contributed by atoms with Crippen molar-refractivity contribution in [3.8, 4) is 5.75 Å². The molecule has 180 valence electrons. The second-order valence-corrected chi connectivity index (χ2v) is 9.42. The number of amides is 1. The Morgan fingerprint density at radius 1 is 1.15 bits per heavy atom. The molecule has 1 aromatic heterocycles. The number of carbonyl (C=O) groups excluding carboxylic acids is 1. The lowest BCUT2D eigenvalue weighted by Gasteiger charge is -2.36. The highest BCUT2D eigenvalue weighted by molar-refractivity contribution is 6.36.